The van der Waals surface area contributed by atoms with Gasteiger partial charge < -0.3 is 5.32 Å². The van der Waals surface area contributed by atoms with E-state index in [4.69, 9.17) is 23.2 Å². The SMILES string of the molecule is Cc1nc2cc(-c3ccc(Cl)cc3)nn2c(C)c1CCC(=O)Nc1ccc(F)c(Cl)c1. The Morgan fingerprint density at radius 1 is 1.10 bits per heavy atom. The van der Waals surface area contributed by atoms with E-state index >= 15 is 0 Å². The minimum atomic E-state index is -0.525. The van der Waals surface area contributed by atoms with E-state index in [1.165, 1.54) is 18.2 Å². The van der Waals surface area contributed by atoms with Crippen molar-refractivity contribution in [3.63, 3.8) is 0 Å². The van der Waals surface area contributed by atoms with Gasteiger partial charge in [0.05, 0.1) is 10.7 Å². The summed E-state index contributed by atoms with van der Waals surface area (Å²) in [6.07, 6.45) is 0.743. The number of carbonyl (C=O) groups is 1. The second kappa shape index (κ2) is 8.65. The van der Waals surface area contributed by atoms with Crippen molar-refractivity contribution in [1.29, 1.82) is 0 Å². The molecule has 0 aliphatic heterocycles. The zero-order valence-corrected chi connectivity index (χ0v) is 18.4. The summed E-state index contributed by atoms with van der Waals surface area (Å²) in [5, 5.41) is 8.06. The molecule has 0 radical (unpaired) electrons. The molecule has 0 unspecified atom stereocenters. The highest BCUT2D eigenvalue weighted by Crippen LogP contribution is 2.24. The zero-order valence-electron chi connectivity index (χ0n) is 16.9. The summed E-state index contributed by atoms with van der Waals surface area (Å²) in [7, 11) is 0. The first-order chi connectivity index (χ1) is 14.8. The summed E-state index contributed by atoms with van der Waals surface area (Å²) in [5.74, 6) is -0.716. The molecule has 2 aromatic heterocycles. The molecule has 4 rings (SSSR count). The van der Waals surface area contributed by atoms with E-state index in [0.29, 0.717) is 17.1 Å². The molecule has 0 saturated carbocycles. The highest BCUT2D eigenvalue weighted by molar-refractivity contribution is 6.31. The van der Waals surface area contributed by atoms with E-state index in [-0.39, 0.29) is 17.4 Å². The van der Waals surface area contributed by atoms with Crippen molar-refractivity contribution < 1.29 is 9.18 Å². The molecule has 2 aromatic carbocycles. The highest BCUT2D eigenvalue weighted by Gasteiger charge is 2.15. The number of nitrogens with zero attached hydrogens (tertiary/aromatic N) is 3. The molecule has 0 saturated heterocycles. The minimum Gasteiger partial charge on any atom is -0.326 e. The maximum atomic E-state index is 13.3. The third-order valence-electron chi connectivity index (χ3n) is 5.11. The van der Waals surface area contributed by atoms with Crippen LogP contribution < -0.4 is 5.32 Å². The van der Waals surface area contributed by atoms with Gasteiger partial charge in [-0.25, -0.2) is 13.9 Å². The Kier molecular flexibility index (Phi) is 5.94. The quantitative estimate of drug-likeness (QED) is 0.398. The van der Waals surface area contributed by atoms with Crippen molar-refractivity contribution in [2.45, 2.75) is 26.7 Å². The van der Waals surface area contributed by atoms with Crippen molar-refractivity contribution in [1.82, 2.24) is 14.6 Å². The number of benzene rings is 2. The minimum absolute atomic E-state index is 0.0330. The second-order valence-electron chi connectivity index (χ2n) is 7.24. The predicted octanol–water partition coefficient (Wildman–Crippen LogP) is 6.03. The largest absolute Gasteiger partial charge is 0.326 e. The van der Waals surface area contributed by atoms with Crippen LogP contribution in [0.1, 0.15) is 23.4 Å². The van der Waals surface area contributed by atoms with Gasteiger partial charge in [0.2, 0.25) is 5.91 Å². The van der Waals surface area contributed by atoms with E-state index in [0.717, 1.165) is 33.9 Å². The molecule has 0 spiro atoms. The van der Waals surface area contributed by atoms with Gasteiger partial charge in [0, 0.05) is 40.1 Å². The number of hydrogen-bond donors (Lipinski definition) is 1. The van der Waals surface area contributed by atoms with E-state index in [2.05, 4.69) is 15.4 Å². The Hall–Kier alpha value is -2.96. The molecule has 0 aliphatic rings. The van der Waals surface area contributed by atoms with Crippen LogP contribution in [0.5, 0.6) is 0 Å². The average Bonchev–Trinajstić information content (AvgIpc) is 3.15. The summed E-state index contributed by atoms with van der Waals surface area (Å²) >= 11 is 11.7. The number of carbonyl (C=O) groups excluding carboxylic acids is 1. The summed E-state index contributed by atoms with van der Waals surface area (Å²) in [4.78, 5) is 17.1. The molecule has 158 valence electrons. The van der Waals surface area contributed by atoms with E-state index < -0.39 is 5.82 Å². The van der Waals surface area contributed by atoms with Gasteiger partial charge in [-0.2, -0.15) is 5.10 Å². The fourth-order valence-electron chi connectivity index (χ4n) is 3.49. The van der Waals surface area contributed by atoms with E-state index in [1.54, 1.807) is 4.52 Å². The lowest BCUT2D eigenvalue weighted by Crippen LogP contribution is -2.14. The number of amides is 1. The molecule has 0 fully saturated rings. The lowest BCUT2D eigenvalue weighted by atomic mass is 10.1. The molecular formula is C23H19Cl2FN4O. The van der Waals surface area contributed by atoms with Crippen LogP contribution in [0.15, 0.2) is 48.5 Å². The summed E-state index contributed by atoms with van der Waals surface area (Å²) in [6, 6.07) is 13.5. The van der Waals surface area contributed by atoms with Gasteiger partial charge in [-0.3, -0.25) is 4.79 Å². The molecule has 0 bridgehead atoms. The molecule has 0 atom stereocenters. The van der Waals surface area contributed by atoms with Crippen molar-refractivity contribution in [3.8, 4) is 11.3 Å². The van der Waals surface area contributed by atoms with Gasteiger partial charge in [-0.1, -0.05) is 35.3 Å². The third kappa shape index (κ3) is 4.55. The number of fused-ring (bicyclic) bond motifs is 1. The molecule has 1 N–H and O–H groups in total. The van der Waals surface area contributed by atoms with E-state index in [1.807, 2.05) is 44.2 Å². The van der Waals surface area contributed by atoms with Gasteiger partial charge in [0.15, 0.2) is 5.65 Å². The number of nitrogens with one attached hydrogen (secondary N) is 1. The van der Waals surface area contributed by atoms with Gasteiger partial charge in [0.25, 0.3) is 0 Å². The maximum absolute atomic E-state index is 13.3. The second-order valence-corrected chi connectivity index (χ2v) is 8.09. The van der Waals surface area contributed by atoms with Crippen LogP contribution in [0.3, 0.4) is 0 Å². The number of anilines is 1. The molecular weight excluding hydrogens is 438 g/mol. The molecule has 4 aromatic rings. The number of aromatic nitrogens is 3. The molecule has 5 nitrogen and oxygen atoms in total. The van der Waals surface area contributed by atoms with Crippen LogP contribution in [-0.2, 0) is 11.2 Å². The zero-order chi connectivity index (χ0) is 22.1. The number of hydrogen-bond acceptors (Lipinski definition) is 3. The van der Waals surface area contributed by atoms with Crippen LogP contribution in [0.4, 0.5) is 10.1 Å². The fourth-order valence-corrected chi connectivity index (χ4v) is 3.79. The topological polar surface area (TPSA) is 59.3 Å². The van der Waals surface area contributed by atoms with Crippen molar-refractivity contribution >= 4 is 40.4 Å². The highest BCUT2D eigenvalue weighted by atomic mass is 35.5. The standard InChI is InChI=1S/C23H19Cl2FN4O/c1-13-18(8-10-23(31)28-17-7-9-20(26)19(25)11-17)14(2)30-22(27-13)12-21(29-30)15-3-5-16(24)6-4-15/h3-7,9,11-12H,8,10H2,1-2H3,(H,28,31). The Morgan fingerprint density at radius 3 is 2.55 bits per heavy atom. The van der Waals surface area contributed by atoms with Crippen LogP contribution >= 0.6 is 23.2 Å². The number of rotatable bonds is 5. The summed E-state index contributed by atoms with van der Waals surface area (Å²) < 4.78 is 15.1. The first kappa shape index (κ1) is 21.3. The Bertz CT molecular complexity index is 1290. The third-order valence-corrected chi connectivity index (χ3v) is 5.65. The van der Waals surface area contributed by atoms with Gasteiger partial charge in [0.1, 0.15) is 5.82 Å². The normalized spacial score (nSPS) is 11.1. The van der Waals surface area contributed by atoms with Gasteiger partial charge in [-0.05, 0) is 56.2 Å². The molecule has 0 aliphatic carbocycles. The molecule has 1 amide bonds. The predicted molar refractivity (Wildman–Crippen MR) is 121 cm³/mol. The fraction of sp³-hybridized carbons (Fsp3) is 0.174. The van der Waals surface area contributed by atoms with Crippen LogP contribution in [-0.4, -0.2) is 20.5 Å². The maximum Gasteiger partial charge on any atom is 0.224 e. The van der Waals surface area contributed by atoms with Gasteiger partial charge >= 0.3 is 0 Å². The first-order valence-corrected chi connectivity index (χ1v) is 10.4. The Balaban J connectivity index is 1.54. The van der Waals surface area contributed by atoms with Crippen molar-refractivity contribution in [3.05, 3.63) is 81.3 Å². The monoisotopic (exact) mass is 456 g/mol. The number of aryl methyl sites for hydroxylation is 2. The van der Waals surface area contributed by atoms with Crippen LogP contribution in [0.2, 0.25) is 10.0 Å². The van der Waals surface area contributed by atoms with E-state index in [9.17, 15) is 9.18 Å². The lowest BCUT2D eigenvalue weighted by molar-refractivity contribution is -0.116. The summed E-state index contributed by atoms with van der Waals surface area (Å²) in [6.45, 7) is 3.89. The van der Waals surface area contributed by atoms with Gasteiger partial charge in [-0.15, -0.1) is 0 Å². The van der Waals surface area contributed by atoms with Crippen molar-refractivity contribution in [2.24, 2.45) is 0 Å². The van der Waals surface area contributed by atoms with Crippen molar-refractivity contribution in [2.75, 3.05) is 5.32 Å². The van der Waals surface area contributed by atoms with Crippen LogP contribution in [0.25, 0.3) is 16.9 Å². The smallest absolute Gasteiger partial charge is 0.224 e. The Morgan fingerprint density at radius 2 is 1.84 bits per heavy atom. The lowest BCUT2D eigenvalue weighted by Gasteiger charge is -2.11. The Labute approximate surface area is 188 Å². The molecule has 8 heteroatoms. The molecule has 31 heavy (non-hydrogen) atoms. The van der Waals surface area contributed by atoms with Crippen LogP contribution in [0, 0.1) is 19.7 Å². The number of halogens is 3. The molecule has 2 heterocycles. The first-order valence-electron chi connectivity index (χ1n) is 9.68. The average molecular weight is 457 g/mol. The summed E-state index contributed by atoms with van der Waals surface area (Å²) in [5.41, 5.74) is 5.70.